The zero-order chi connectivity index (χ0) is 27.6. The van der Waals surface area contributed by atoms with Crippen molar-refractivity contribution >= 4 is 28.6 Å². The van der Waals surface area contributed by atoms with Crippen LogP contribution in [0.25, 0.3) is 0 Å². The van der Waals surface area contributed by atoms with Crippen LogP contribution in [0.15, 0.2) is 0 Å². The first-order chi connectivity index (χ1) is 17.9. The van der Waals surface area contributed by atoms with Gasteiger partial charge in [-0.15, -0.1) is 0 Å². The normalized spacial score (nSPS) is 11.4. The van der Waals surface area contributed by atoms with E-state index in [-0.39, 0.29) is 5.97 Å². The topological polar surface area (TPSA) is 66.9 Å². The largest absolute Gasteiger partial charge is 0.466 e. The number of carbonyl (C=O) groups is 3. The first-order valence-electron chi connectivity index (χ1n) is 15.2. The molecule has 0 aromatic carbocycles. The lowest BCUT2D eigenvalue weighted by Gasteiger charge is -2.25. The quantitative estimate of drug-likeness (QED) is 0.0826. The number of hydrogen-bond acceptors (Lipinski definition) is 7. The van der Waals surface area contributed by atoms with Crippen molar-refractivity contribution in [3.8, 4) is 0 Å². The molecular formula is C30H58N2O4S. The summed E-state index contributed by atoms with van der Waals surface area (Å²) in [4.78, 5) is 41.1. The Morgan fingerprint density at radius 1 is 0.622 bits per heavy atom. The van der Waals surface area contributed by atoms with Gasteiger partial charge in [-0.2, -0.15) is 0 Å². The number of ether oxygens (including phenoxy) is 1. The average molecular weight is 543 g/mol. The van der Waals surface area contributed by atoms with E-state index < -0.39 is 0 Å². The summed E-state index contributed by atoms with van der Waals surface area (Å²) in [6.07, 6.45) is 15.3. The third kappa shape index (κ3) is 25.1. The molecule has 0 unspecified atom stereocenters. The lowest BCUT2D eigenvalue weighted by Crippen LogP contribution is -2.36. The van der Waals surface area contributed by atoms with Crippen molar-refractivity contribution in [1.29, 1.82) is 0 Å². The molecule has 0 fully saturated rings. The Balaban J connectivity index is 4.10. The minimum Gasteiger partial charge on any atom is -0.466 e. The first-order valence-corrected chi connectivity index (χ1v) is 16.1. The maximum atomic E-state index is 12.5. The lowest BCUT2D eigenvalue weighted by molar-refractivity contribution is -0.144. The molecule has 0 aromatic rings. The molecule has 0 aliphatic heterocycles. The summed E-state index contributed by atoms with van der Waals surface area (Å²) in [6.45, 7) is 11.2. The van der Waals surface area contributed by atoms with Gasteiger partial charge < -0.3 is 14.5 Å². The summed E-state index contributed by atoms with van der Waals surface area (Å²) in [5, 5.41) is 0.321. The third-order valence-electron chi connectivity index (χ3n) is 6.60. The van der Waals surface area contributed by atoms with Gasteiger partial charge in [0.25, 0.3) is 0 Å². The van der Waals surface area contributed by atoms with Gasteiger partial charge in [0.05, 0.1) is 13.0 Å². The summed E-state index contributed by atoms with van der Waals surface area (Å²) in [7, 11) is 2.12. The van der Waals surface area contributed by atoms with E-state index in [1.807, 2.05) is 0 Å². The van der Waals surface area contributed by atoms with Crippen LogP contribution in [0.5, 0.6) is 0 Å². The highest BCUT2D eigenvalue weighted by Gasteiger charge is 2.13. The van der Waals surface area contributed by atoms with Crippen LogP contribution in [0, 0.1) is 0 Å². The maximum absolute atomic E-state index is 12.5. The standard InChI is InChI=1S/C30H58N2O4S/c1-5-8-10-11-14-18-30(35)37-27-16-12-13-17-28(33)19-22-32(25-24-31(4)21-7-3)23-20-29(34)36-26-15-9-6-2/h5-27H2,1-4H3. The Bertz CT molecular complexity index is 574. The molecule has 0 heterocycles. The molecular weight excluding hydrogens is 484 g/mol. The van der Waals surface area contributed by atoms with Gasteiger partial charge in [0.2, 0.25) is 0 Å². The molecule has 7 heteroatoms. The number of esters is 1. The smallest absolute Gasteiger partial charge is 0.307 e. The molecule has 0 aromatic heterocycles. The second-order valence-corrected chi connectivity index (χ2v) is 11.5. The second kappa shape index (κ2) is 26.7. The summed E-state index contributed by atoms with van der Waals surface area (Å²) < 4.78 is 5.35. The molecule has 0 spiro atoms. The van der Waals surface area contributed by atoms with Gasteiger partial charge in [-0.25, -0.2) is 0 Å². The van der Waals surface area contributed by atoms with E-state index in [2.05, 4.69) is 37.6 Å². The zero-order valence-corrected chi connectivity index (χ0v) is 25.5. The van der Waals surface area contributed by atoms with E-state index in [4.69, 9.17) is 4.74 Å². The number of Topliss-reactive ketones (excluding diaryl/α,β-unsaturated/α-hetero) is 1. The van der Waals surface area contributed by atoms with Crippen molar-refractivity contribution in [2.75, 3.05) is 52.1 Å². The molecule has 0 N–H and O–H groups in total. The lowest BCUT2D eigenvalue weighted by atomic mass is 10.1. The average Bonchev–Trinajstić information content (AvgIpc) is 2.88. The van der Waals surface area contributed by atoms with Crippen LogP contribution in [0.2, 0.25) is 0 Å². The molecule has 0 bridgehead atoms. The Hall–Kier alpha value is -0.920. The van der Waals surface area contributed by atoms with Crippen LogP contribution in [-0.2, 0) is 19.1 Å². The molecule has 0 aliphatic rings. The number of carbonyl (C=O) groups excluding carboxylic acids is 3. The summed E-state index contributed by atoms with van der Waals surface area (Å²) >= 11 is 1.47. The van der Waals surface area contributed by atoms with Crippen molar-refractivity contribution in [1.82, 2.24) is 9.80 Å². The van der Waals surface area contributed by atoms with Crippen molar-refractivity contribution in [2.24, 2.45) is 0 Å². The van der Waals surface area contributed by atoms with Gasteiger partial charge in [-0.3, -0.25) is 14.4 Å². The van der Waals surface area contributed by atoms with E-state index in [0.717, 1.165) is 83.2 Å². The number of rotatable bonds is 27. The van der Waals surface area contributed by atoms with Crippen LogP contribution in [0.3, 0.4) is 0 Å². The number of unbranched alkanes of at least 4 members (excludes halogenated alkanes) is 8. The molecule has 0 atom stereocenters. The van der Waals surface area contributed by atoms with E-state index in [1.165, 1.54) is 31.0 Å². The highest BCUT2D eigenvalue weighted by atomic mass is 32.2. The van der Waals surface area contributed by atoms with Crippen molar-refractivity contribution in [3.05, 3.63) is 0 Å². The Kier molecular flexibility index (Phi) is 26.0. The molecule has 0 saturated heterocycles. The Labute approximate surface area is 233 Å². The molecule has 0 aliphatic carbocycles. The molecule has 0 rings (SSSR count). The number of hydrogen-bond donors (Lipinski definition) is 0. The van der Waals surface area contributed by atoms with Crippen molar-refractivity contribution in [2.45, 2.75) is 124 Å². The van der Waals surface area contributed by atoms with E-state index in [9.17, 15) is 14.4 Å². The molecule has 0 radical (unpaired) electrons. The van der Waals surface area contributed by atoms with Crippen LogP contribution in [-0.4, -0.2) is 78.8 Å². The van der Waals surface area contributed by atoms with Gasteiger partial charge in [0.1, 0.15) is 5.78 Å². The van der Waals surface area contributed by atoms with Gasteiger partial charge in [-0.1, -0.05) is 77.5 Å². The fourth-order valence-electron chi connectivity index (χ4n) is 4.14. The van der Waals surface area contributed by atoms with Crippen LogP contribution >= 0.6 is 11.8 Å². The highest BCUT2D eigenvalue weighted by molar-refractivity contribution is 8.13. The van der Waals surface area contributed by atoms with E-state index >= 15 is 0 Å². The Morgan fingerprint density at radius 2 is 1.27 bits per heavy atom. The molecule has 0 amide bonds. The zero-order valence-electron chi connectivity index (χ0n) is 24.7. The van der Waals surface area contributed by atoms with Crippen molar-refractivity contribution < 1.29 is 19.1 Å². The summed E-state index contributed by atoms with van der Waals surface area (Å²) in [6, 6.07) is 0. The van der Waals surface area contributed by atoms with Crippen molar-refractivity contribution in [3.63, 3.8) is 0 Å². The number of likely N-dealkylation sites (N-methyl/N-ethyl adjacent to an activating group) is 1. The van der Waals surface area contributed by atoms with E-state index in [0.29, 0.717) is 56.3 Å². The van der Waals surface area contributed by atoms with E-state index in [1.54, 1.807) is 0 Å². The monoisotopic (exact) mass is 542 g/mol. The highest BCUT2D eigenvalue weighted by Crippen LogP contribution is 2.14. The molecule has 37 heavy (non-hydrogen) atoms. The predicted octanol–water partition coefficient (Wildman–Crippen LogP) is 6.89. The predicted molar refractivity (Wildman–Crippen MR) is 158 cm³/mol. The minimum atomic E-state index is -0.137. The van der Waals surface area contributed by atoms with Gasteiger partial charge in [0, 0.05) is 51.2 Å². The van der Waals surface area contributed by atoms with Gasteiger partial charge in [0.15, 0.2) is 5.12 Å². The number of nitrogens with zero attached hydrogens (tertiary/aromatic N) is 2. The van der Waals surface area contributed by atoms with Gasteiger partial charge in [-0.05, 0) is 45.7 Å². The van der Waals surface area contributed by atoms with Crippen LogP contribution in [0.1, 0.15) is 124 Å². The second-order valence-electron chi connectivity index (χ2n) is 10.3. The fourth-order valence-corrected chi connectivity index (χ4v) is 5.01. The molecule has 6 nitrogen and oxygen atoms in total. The number of ketones is 1. The minimum absolute atomic E-state index is 0.137. The van der Waals surface area contributed by atoms with Crippen LogP contribution < -0.4 is 0 Å². The van der Waals surface area contributed by atoms with Gasteiger partial charge >= 0.3 is 5.97 Å². The summed E-state index contributed by atoms with van der Waals surface area (Å²) in [5.74, 6) is 1.03. The van der Waals surface area contributed by atoms with Crippen LogP contribution in [0.4, 0.5) is 0 Å². The Morgan fingerprint density at radius 3 is 2.00 bits per heavy atom. The number of thioether (sulfide) groups is 1. The first kappa shape index (κ1) is 36.1. The SMILES string of the molecule is CCCCCCCC(=O)SCCCCCC(=O)CCN(CCC(=O)OCCCCC)CCN(C)CCC. The molecule has 218 valence electrons. The third-order valence-corrected chi connectivity index (χ3v) is 7.62. The summed E-state index contributed by atoms with van der Waals surface area (Å²) in [5.41, 5.74) is 0. The molecule has 0 saturated carbocycles. The maximum Gasteiger partial charge on any atom is 0.307 e. The fraction of sp³-hybridized carbons (Fsp3) is 0.900.